The van der Waals surface area contributed by atoms with Gasteiger partial charge in [0.2, 0.25) is 0 Å². The summed E-state index contributed by atoms with van der Waals surface area (Å²) in [5.74, 6) is -0.267. The highest BCUT2D eigenvalue weighted by Gasteiger charge is 2.20. The third kappa shape index (κ3) is 8.21. The van der Waals surface area contributed by atoms with E-state index < -0.39 is 0 Å². The highest BCUT2D eigenvalue weighted by atomic mass is 35.5. The van der Waals surface area contributed by atoms with Crippen LogP contribution in [0.2, 0.25) is 10.0 Å². The summed E-state index contributed by atoms with van der Waals surface area (Å²) in [6.07, 6.45) is 0. The Morgan fingerprint density at radius 1 is 1.04 bits per heavy atom. The fourth-order valence-electron chi connectivity index (χ4n) is 2.06. The molecule has 2 amide bonds. The van der Waals surface area contributed by atoms with Gasteiger partial charge in [0.15, 0.2) is 13.1 Å². The molecule has 0 aliphatic rings. The van der Waals surface area contributed by atoms with Gasteiger partial charge in [0.1, 0.15) is 0 Å². The lowest BCUT2D eigenvalue weighted by Gasteiger charge is -2.23. The molecule has 1 unspecified atom stereocenters. The maximum Gasteiger partial charge on any atom is 0.279 e. The monoisotopic (exact) mass is 360 g/mol. The van der Waals surface area contributed by atoms with Gasteiger partial charge in [-0.1, -0.05) is 23.2 Å². The summed E-state index contributed by atoms with van der Waals surface area (Å²) in [6, 6.07) is 4.85. The quantitative estimate of drug-likeness (QED) is 0.723. The largest absolute Gasteiger partial charge is 0.347 e. The Hall–Kier alpha value is -1.30. The molecule has 0 saturated heterocycles. The molecular formula is C16H24Cl2N3O2+. The second-order valence-electron chi connectivity index (χ2n) is 6.46. The van der Waals surface area contributed by atoms with Gasteiger partial charge in [-0.3, -0.25) is 9.59 Å². The van der Waals surface area contributed by atoms with Crippen LogP contribution >= 0.6 is 23.2 Å². The predicted molar refractivity (Wildman–Crippen MR) is 94.2 cm³/mol. The lowest BCUT2D eigenvalue weighted by molar-refractivity contribution is -0.881. The Morgan fingerprint density at radius 3 is 2.04 bits per heavy atom. The van der Waals surface area contributed by atoms with Gasteiger partial charge in [0, 0.05) is 21.3 Å². The van der Waals surface area contributed by atoms with Gasteiger partial charge >= 0.3 is 0 Å². The van der Waals surface area contributed by atoms with Gasteiger partial charge in [-0.2, -0.15) is 0 Å². The van der Waals surface area contributed by atoms with Gasteiger partial charge in [-0.05, 0) is 45.9 Å². The molecule has 7 heteroatoms. The lowest BCUT2D eigenvalue weighted by atomic mass is 10.1. The molecule has 0 aliphatic carbocycles. The Labute approximate surface area is 147 Å². The van der Waals surface area contributed by atoms with E-state index in [9.17, 15) is 9.59 Å². The third-order valence-corrected chi connectivity index (χ3v) is 3.42. The van der Waals surface area contributed by atoms with Crippen LogP contribution in [0.1, 0.15) is 27.7 Å². The smallest absolute Gasteiger partial charge is 0.279 e. The molecule has 1 atom stereocenters. The molecule has 0 aliphatic heterocycles. The Balaban J connectivity index is 2.57. The molecule has 1 rings (SSSR count). The number of quaternary nitrogens is 1. The van der Waals surface area contributed by atoms with Crippen molar-refractivity contribution in [3.63, 3.8) is 0 Å². The summed E-state index contributed by atoms with van der Waals surface area (Å²) in [5, 5.41) is 6.56. The molecule has 0 aromatic heterocycles. The SMILES string of the molecule is CC[NH+](CC(=O)Nc1cc(Cl)cc(Cl)c1)CC(=O)NC(C)(C)C. The first-order valence-electron chi connectivity index (χ1n) is 7.49. The summed E-state index contributed by atoms with van der Waals surface area (Å²) in [4.78, 5) is 25.0. The number of nitrogens with one attached hydrogen (secondary N) is 3. The number of anilines is 1. The van der Waals surface area contributed by atoms with Crippen molar-refractivity contribution in [3.8, 4) is 0 Å². The zero-order valence-electron chi connectivity index (χ0n) is 13.9. The molecule has 0 bridgehead atoms. The van der Waals surface area contributed by atoms with Gasteiger partial charge in [-0.15, -0.1) is 0 Å². The number of hydrogen-bond acceptors (Lipinski definition) is 2. The Kier molecular flexibility index (Phi) is 7.32. The van der Waals surface area contributed by atoms with Crippen LogP contribution < -0.4 is 15.5 Å². The minimum Gasteiger partial charge on any atom is -0.347 e. The number of rotatable bonds is 6. The zero-order valence-corrected chi connectivity index (χ0v) is 15.4. The van der Waals surface area contributed by atoms with Crippen molar-refractivity contribution in [2.45, 2.75) is 33.2 Å². The second-order valence-corrected chi connectivity index (χ2v) is 7.33. The number of hydrogen-bond donors (Lipinski definition) is 3. The summed E-state index contributed by atoms with van der Waals surface area (Å²) < 4.78 is 0. The Morgan fingerprint density at radius 2 is 1.57 bits per heavy atom. The standard InChI is InChI=1S/C16H23Cl2N3O2/c1-5-21(10-15(23)20-16(2,3)4)9-14(22)19-13-7-11(17)6-12(18)8-13/h6-8H,5,9-10H2,1-4H3,(H,19,22)(H,20,23)/p+1. The molecule has 0 heterocycles. The van der Waals surface area contributed by atoms with E-state index in [1.54, 1.807) is 18.2 Å². The van der Waals surface area contributed by atoms with E-state index in [0.29, 0.717) is 22.3 Å². The van der Waals surface area contributed by atoms with E-state index in [0.717, 1.165) is 4.90 Å². The predicted octanol–water partition coefficient (Wildman–Crippen LogP) is 1.75. The van der Waals surface area contributed by atoms with Crippen LogP contribution in [0.5, 0.6) is 0 Å². The van der Waals surface area contributed by atoms with Crippen molar-refractivity contribution in [2.75, 3.05) is 25.0 Å². The van der Waals surface area contributed by atoms with Crippen molar-refractivity contribution in [1.82, 2.24) is 5.32 Å². The normalized spacial score (nSPS) is 12.6. The fraction of sp³-hybridized carbons (Fsp3) is 0.500. The van der Waals surface area contributed by atoms with Gasteiger partial charge in [-0.25, -0.2) is 0 Å². The summed E-state index contributed by atoms with van der Waals surface area (Å²) >= 11 is 11.8. The van der Waals surface area contributed by atoms with Gasteiger partial charge in [0.25, 0.3) is 11.8 Å². The van der Waals surface area contributed by atoms with Crippen molar-refractivity contribution >= 4 is 40.7 Å². The average molecular weight is 361 g/mol. The highest BCUT2D eigenvalue weighted by Crippen LogP contribution is 2.22. The maximum atomic E-state index is 12.1. The van der Waals surface area contributed by atoms with Crippen molar-refractivity contribution in [3.05, 3.63) is 28.2 Å². The van der Waals surface area contributed by atoms with Crippen molar-refractivity contribution in [2.24, 2.45) is 0 Å². The molecule has 0 fully saturated rings. The molecule has 1 aromatic rings. The number of carbonyl (C=O) groups is 2. The van der Waals surface area contributed by atoms with Crippen molar-refractivity contribution in [1.29, 1.82) is 0 Å². The summed E-state index contributed by atoms with van der Waals surface area (Å²) in [7, 11) is 0. The fourth-order valence-corrected chi connectivity index (χ4v) is 2.59. The number of likely N-dealkylation sites (N-methyl/N-ethyl adjacent to an activating group) is 1. The molecule has 5 nitrogen and oxygen atoms in total. The van der Waals surface area contributed by atoms with E-state index in [4.69, 9.17) is 23.2 Å². The van der Waals surface area contributed by atoms with Crippen LogP contribution in [0, 0.1) is 0 Å². The maximum absolute atomic E-state index is 12.1. The highest BCUT2D eigenvalue weighted by molar-refractivity contribution is 6.35. The number of carbonyl (C=O) groups excluding carboxylic acids is 2. The van der Waals surface area contributed by atoms with Crippen LogP contribution in [0.25, 0.3) is 0 Å². The third-order valence-electron chi connectivity index (χ3n) is 2.98. The first-order chi connectivity index (χ1) is 10.6. The molecule has 23 heavy (non-hydrogen) atoms. The minimum absolute atomic E-state index is 0.0760. The second kappa shape index (κ2) is 8.52. The van der Waals surface area contributed by atoms with E-state index >= 15 is 0 Å². The van der Waals surface area contributed by atoms with Crippen LogP contribution in [0.4, 0.5) is 5.69 Å². The number of benzene rings is 1. The molecule has 3 N–H and O–H groups in total. The molecule has 0 spiro atoms. The van der Waals surface area contributed by atoms with Crippen LogP contribution in [0.3, 0.4) is 0 Å². The first kappa shape index (κ1) is 19.7. The summed E-state index contributed by atoms with van der Waals surface area (Å²) in [6.45, 7) is 8.81. The summed E-state index contributed by atoms with van der Waals surface area (Å²) in [5.41, 5.74) is 0.262. The van der Waals surface area contributed by atoms with Gasteiger partial charge < -0.3 is 15.5 Å². The van der Waals surface area contributed by atoms with Crippen LogP contribution in [-0.4, -0.2) is 37.0 Å². The van der Waals surface area contributed by atoms with E-state index in [1.807, 2.05) is 27.7 Å². The Bertz CT molecular complexity index is 551. The van der Waals surface area contributed by atoms with E-state index in [-0.39, 0.29) is 30.4 Å². The van der Waals surface area contributed by atoms with Crippen molar-refractivity contribution < 1.29 is 14.5 Å². The van der Waals surface area contributed by atoms with E-state index in [1.165, 1.54) is 0 Å². The number of amides is 2. The zero-order chi connectivity index (χ0) is 17.6. The number of halogens is 2. The van der Waals surface area contributed by atoms with Gasteiger partial charge in [0.05, 0.1) is 6.54 Å². The average Bonchev–Trinajstić information content (AvgIpc) is 2.33. The van der Waals surface area contributed by atoms with Crippen LogP contribution in [-0.2, 0) is 9.59 Å². The minimum atomic E-state index is -0.282. The topological polar surface area (TPSA) is 62.6 Å². The van der Waals surface area contributed by atoms with Crippen LogP contribution in [0.15, 0.2) is 18.2 Å². The molecule has 1 aromatic carbocycles. The van der Waals surface area contributed by atoms with E-state index in [2.05, 4.69) is 10.6 Å². The lowest BCUT2D eigenvalue weighted by Crippen LogP contribution is -3.14. The molecule has 128 valence electrons. The first-order valence-corrected chi connectivity index (χ1v) is 8.25. The molecule has 0 radical (unpaired) electrons. The molecular weight excluding hydrogens is 337 g/mol. The molecule has 0 saturated carbocycles.